The summed E-state index contributed by atoms with van der Waals surface area (Å²) < 4.78 is 1.95. The van der Waals surface area contributed by atoms with E-state index < -0.39 is 0 Å². The van der Waals surface area contributed by atoms with Crippen molar-refractivity contribution < 1.29 is 0 Å². The molecular formula is C22H28IN5. The molecule has 6 heteroatoms. The Kier molecular flexibility index (Phi) is 7.62. The highest BCUT2D eigenvalue weighted by molar-refractivity contribution is 14.0. The predicted octanol–water partition coefficient (Wildman–Crippen LogP) is 5.16. The monoisotopic (exact) mass is 489 g/mol. The number of anilines is 1. The molecule has 0 aliphatic carbocycles. The van der Waals surface area contributed by atoms with Crippen molar-refractivity contribution in [3.63, 3.8) is 0 Å². The van der Waals surface area contributed by atoms with Crippen molar-refractivity contribution in [2.24, 2.45) is 10.7 Å². The Hall–Kier alpha value is -2.35. The van der Waals surface area contributed by atoms with Gasteiger partial charge in [-0.25, -0.2) is 9.67 Å². The van der Waals surface area contributed by atoms with E-state index >= 15 is 0 Å². The first-order chi connectivity index (χ1) is 12.9. The summed E-state index contributed by atoms with van der Waals surface area (Å²) in [6.07, 6.45) is 0. The fourth-order valence-electron chi connectivity index (χ4n) is 3.06. The standard InChI is InChI=1S/C22H27N5.HI/c1-15(2)18-9-7-10-20(13-18)25-22(23)24-14-19-8-5-6-11-21(19)27-17(4)12-16(3)26-27;/h5-13,15H,14H2,1-4H3,(H3,23,24,25);1H. The van der Waals surface area contributed by atoms with E-state index in [9.17, 15) is 0 Å². The molecule has 3 rings (SSSR count). The van der Waals surface area contributed by atoms with Crippen molar-refractivity contribution in [2.75, 3.05) is 5.32 Å². The fraction of sp³-hybridized carbons (Fsp3) is 0.273. The quantitative estimate of drug-likeness (QED) is 0.296. The summed E-state index contributed by atoms with van der Waals surface area (Å²) in [6.45, 7) is 8.88. The summed E-state index contributed by atoms with van der Waals surface area (Å²) in [7, 11) is 0. The first kappa shape index (κ1) is 21.9. The van der Waals surface area contributed by atoms with Crippen molar-refractivity contribution >= 4 is 35.6 Å². The second-order valence-electron chi connectivity index (χ2n) is 7.07. The number of hydrogen-bond acceptors (Lipinski definition) is 2. The lowest BCUT2D eigenvalue weighted by Gasteiger charge is -2.11. The molecule has 5 nitrogen and oxygen atoms in total. The third-order valence-electron chi connectivity index (χ3n) is 4.47. The lowest BCUT2D eigenvalue weighted by molar-refractivity contribution is 0.818. The van der Waals surface area contributed by atoms with E-state index in [4.69, 9.17) is 5.73 Å². The Labute approximate surface area is 184 Å². The number of nitrogens with zero attached hydrogens (tertiary/aromatic N) is 3. The van der Waals surface area contributed by atoms with Crippen LogP contribution in [0.4, 0.5) is 5.69 Å². The molecule has 28 heavy (non-hydrogen) atoms. The molecule has 0 aliphatic rings. The Morgan fingerprint density at radius 1 is 1.11 bits per heavy atom. The molecule has 148 valence electrons. The normalized spacial score (nSPS) is 11.4. The third kappa shape index (κ3) is 5.34. The van der Waals surface area contributed by atoms with Gasteiger partial charge in [0.1, 0.15) is 0 Å². The van der Waals surface area contributed by atoms with Gasteiger partial charge in [-0.15, -0.1) is 24.0 Å². The van der Waals surface area contributed by atoms with E-state index in [1.165, 1.54) is 5.56 Å². The second-order valence-corrected chi connectivity index (χ2v) is 7.07. The number of hydrogen-bond donors (Lipinski definition) is 2. The zero-order chi connectivity index (χ0) is 19.4. The van der Waals surface area contributed by atoms with Crippen LogP contribution in [0.5, 0.6) is 0 Å². The molecular weight excluding hydrogens is 461 g/mol. The van der Waals surface area contributed by atoms with Gasteiger partial charge >= 0.3 is 0 Å². The van der Waals surface area contributed by atoms with Crippen LogP contribution < -0.4 is 11.1 Å². The zero-order valence-corrected chi connectivity index (χ0v) is 19.1. The largest absolute Gasteiger partial charge is 0.370 e. The Morgan fingerprint density at radius 2 is 1.86 bits per heavy atom. The van der Waals surface area contributed by atoms with E-state index in [2.05, 4.69) is 66.5 Å². The first-order valence-electron chi connectivity index (χ1n) is 9.22. The number of aromatic nitrogens is 2. The number of rotatable bonds is 5. The van der Waals surface area contributed by atoms with E-state index in [1.807, 2.05) is 35.9 Å². The minimum Gasteiger partial charge on any atom is -0.370 e. The molecule has 0 saturated heterocycles. The van der Waals surface area contributed by atoms with E-state index in [1.54, 1.807) is 0 Å². The molecule has 2 aromatic carbocycles. The maximum atomic E-state index is 6.12. The lowest BCUT2D eigenvalue weighted by Crippen LogP contribution is -2.22. The molecule has 0 spiro atoms. The van der Waals surface area contributed by atoms with Gasteiger partial charge < -0.3 is 11.1 Å². The number of aliphatic imine (C=N–C) groups is 1. The molecule has 0 saturated carbocycles. The minimum absolute atomic E-state index is 0. The molecule has 0 unspecified atom stereocenters. The van der Waals surface area contributed by atoms with Crippen LogP contribution in [-0.4, -0.2) is 15.7 Å². The Morgan fingerprint density at radius 3 is 2.54 bits per heavy atom. The summed E-state index contributed by atoms with van der Waals surface area (Å²) in [5.41, 5.74) is 12.5. The number of benzene rings is 2. The minimum atomic E-state index is 0. The van der Waals surface area contributed by atoms with Crippen molar-refractivity contribution in [1.82, 2.24) is 9.78 Å². The van der Waals surface area contributed by atoms with Crippen molar-refractivity contribution in [3.8, 4) is 5.69 Å². The number of para-hydroxylation sites is 1. The van der Waals surface area contributed by atoms with Crippen LogP contribution in [0, 0.1) is 13.8 Å². The van der Waals surface area contributed by atoms with E-state index in [0.717, 1.165) is 28.3 Å². The molecule has 0 amide bonds. The van der Waals surface area contributed by atoms with Gasteiger partial charge in [0.2, 0.25) is 0 Å². The van der Waals surface area contributed by atoms with Crippen LogP contribution in [0.25, 0.3) is 5.69 Å². The number of guanidine groups is 1. The highest BCUT2D eigenvalue weighted by Gasteiger charge is 2.08. The molecule has 0 radical (unpaired) electrons. The molecule has 3 N–H and O–H groups in total. The molecule has 0 bridgehead atoms. The van der Waals surface area contributed by atoms with Crippen molar-refractivity contribution in [1.29, 1.82) is 0 Å². The summed E-state index contributed by atoms with van der Waals surface area (Å²) in [6, 6.07) is 18.5. The summed E-state index contributed by atoms with van der Waals surface area (Å²) in [5.74, 6) is 0.872. The van der Waals surface area contributed by atoms with Crippen LogP contribution in [0.1, 0.15) is 42.3 Å². The van der Waals surface area contributed by atoms with Gasteiger partial charge in [0.15, 0.2) is 5.96 Å². The molecule has 3 aromatic rings. The highest BCUT2D eigenvalue weighted by Crippen LogP contribution is 2.19. The van der Waals surface area contributed by atoms with Gasteiger partial charge in [-0.3, -0.25) is 0 Å². The van der Waals surface area contributed by atoms with E-state index in [0.29, 0.717) is 18.4 Å². The molecule has 1 aromatic heterocycles. The maximum Gasteiger partial charge on any atom is 0.193 e. The average molecular weight is 489 g/mol. The third-order valence-corrected chi connectivity index (χ3v) is 4.47. The van der Waals surface area contributed by atoms with Crippen LogP contribution in [0.15, 0.2) is 59.6 Å². The molecule has 0 fully saturated rings. The van der Waals surface area contributed by atoms with Gasteiger partial charge in [0.25, 0.3) is 0 Å². The van der Waals surface area contributed by atoms with Gasteiger partial charge in [0, 0.05) is 11.4 Å². The van der Waals surface area contributed by atoms with Gasteiger partial charge in [-0.05, 0) is 55.2 Å². The van der Waals surface area contributed by atoms with Crippen LogP contribution in [-0.2, 0) is 6.54 Å². The van der Waals surface area contributed by atoms with Crippen LogP contribution >= 0.6 is 24.0 Å². The summed E-state index contributed by atoms with van der Waals surface area (Å²) in [4.78, 5) is 4.53. The Balaban J connectivity index is 0.00000280. The molecule has 0 aliphatic heterocycles. The zero-order valence-electron chi connectivity index (χ0n) is 16.8. The summed E-state index contributed by atoms with van der Waals surface area (Å²) >= 11 is 0. The molecule has 1 heterocycles. The topological polar surface area (TPSA) is 68.2 Å². The van der Waals surface area contributed by atoms with Crippen molar-refractivity contribution in [3.05, 3.63) is 77.1 Å². The van der Waals surface area contributed by atoms with Crippen molar-refractivity contribution in [2.45, 2.75) is 40.2 Å². The van der Waals surface area contributed by atoms with Crippen LogP contribution in [0.3, 0.4) is 0 Å². The number of nitrogens with one attached hydrogen (secondary N) is 1. The number of halogens is 1. The van der Waals surface area contributed by atoms with Gasteiger partial charge in [0.05, 0.1) is 17.9 Å². The maximum absolute atomic E-state index is 6.12. The Bertz CT molecular complexity index is 959. The van der Waals surface area contributed by atoms with Gasteiger partial charge in [-0.2, -0.15) is 5.10 Å². The smallest absolute Gasteiger partial charge is 0.193 e. The highest BCUT2D eigenvalue weighted by atomic mass is 127. The first-order valence-corrected chi connectivity index (χ1v) is 9.22. The summed E-state index contributed by atoms with van der Waals surface area (Å²) in [5, 5.41) is 7.77. The fourth-order valence-corrected chi connectivity index (χ4v) is 3.06. The van der Waals surface area contributed by atoms with Crippen LogP contribution in [0.2, 0.25) is 0 Å². The number of nitrogens with two attached hydrogens (primary N) is 1. The second kappa shape index (κ2) is 9.73. The SMILES string of the molecule is Cc1cc(C)n(-c2ccccc2CN=C(N)Nc2cccc(C(C)C)c2)n1.I. The lowest BCUT2D eigenvalue weighted by atomic mass is 10.0. The average Bonchev–Trinajstić information content (AvgIpc) is 2.98. The number of aryl methyl sites for hydroxylation is 2. The van der Waals surface area contributed by atoms with Gasteiger partial charge in [-0.1, -0.05) is 44.2 Å². The molecule has 0 atom stereocenters. The predicted molar refractivity (Wildman–Crippen MR) is 128 cm³/mol. The van der Waals surface area contributed by atoms with E-state index in [-0.39, 0.29) is 24.0 Å².